The Labute approximate surface area is 186 Å². The normalized spacial score (nSPS) is 15.6. The lowest BCUT2D eigenvalue weighted by molar-refractivity contribution is -0.138. The van der Waals surface area contributed by atoms with Crippen LogP contribution in [0.4, 0.5) is 21.9 Å². The first-order valence-electron chi connectivity index (χ1n) is 9.40. The second-order valence-electron chi connectivity index (χ2n) is 6.90. The average molecular weight is 460 g/mol. The predicted molar refractivity (Wildman–Crippen MR) is 119 cm³/mol. The summed E-state index contributed by atoms with van der Waals surface area (Å²) in [5.41, 5.74) is 2.30. The van der Waals surface area contributed by atoms with Crippen LogP contribution < -0.4 is 15.5 Å². The number of carboxylic acid groups (broad SMARTS) is 1. The molecule has 1 atom stereocenters. The van der Waals surface area contributed by atoms with Gasteiger partial charge in [-0.15, -0.1) is 0 Å². The number of anilines is 3. The molecule has 0 bridgehead atoms. The third kappa shape index (κ3) is 4.52. The van der Waals surface area contributed by atoms with E-state index in [2.05, 4.69) is 26.2 Å². The molecule has 2 heterocycles. The Morgan fingerprint density at radius 2 is 2.03 bits per heavy atom. The van der Waals surface area contributed by atoms with Gasteiger partial charge in [-0.3, -0.25) is 0 Å². The summed E-state index contributed by atoms with van der Waals surface area (Å²) in [5.74, 6) is -0.857. The Morgan fingerprint density at radius 3 is 2.74 bits per heavy atom. The van der Waals surface area contributed by atoms with Crippen LogP contribution >= 0.6 is 23.8 Å². The fraction of sp³-hybridized carbons (Fsp3) is 0.211. The van der Waals surface area contributed by atoms with Crippen molar-refractivity contribution >= 4 is 52.9 Å². The Bertz CT molecular complexity index is 1190. The minimum absolute atomic E-state index is 0.261. The molecule has 4 N–H and O–H groups in total. The highest BCUT2D eigenvalue weighted by Crippen LogP contribution is 2.32. The van der Waals surface area contributed by atoms with E-state index in [0.717, 1.165) is 6.42 Å². The molecule has 10 nitrogen and oxygen atoms in total. The van der Waals surface area contributed by atoms with Crippen molar-refractivity contribution in [3.05, 3.63) is 52.3 Å². The summed E-state index contributed by atoms with van der Waals surface area (Å²) < 4.78 is 1.76. The van der Waals surface area contributed by atoms with Crippen molar-refractivity contribution in [1.82, 2.24) is 20.2 Å². The number of tetrazole rings is 1. The number of carbonyl (C=O) groups is 2. The Morgan fingerprint density at radius 1 is 1.19 bits per heavy atom. The van der Waals surface area contributed by atoms with Crippen LogP contribution in [-0.2, 0) is 4.79 Å². The lowest BCUT2D eigenvalue weighted by Gasteiger charge is -2.24. The predicted octanol–water partition coefficient (Wildman–Crippen LogP) is 3.68. The molecule has 0 spiro atoms. The molecule has 12 heteroatoms. The number of aliphatic carboxylic acids is 1. The number of nitrogens with zero attached hydrogens (tertiary/aromatic N) is 4. The molecular formula is C19H18ClN7O3S. The van der Waals surface area contributed by atoms with E-state index < -0.39 is 18.0 Å². The lowest BCUT2D eigenvalue weighted by atomic mass is 10.2. The van der Waals surface area contributed by atoms with E-state index in [1.807, 2.05) is 0 Å². The highest BCUT2D eigenvalue weighted by molar-refractivity contribution is 7.71. The zero-order valence-electron chi connectivity index (χ0n) is 16.1. The molecule has 0 saturated carbocycles. The highest BCUT2D eigenvalue weighted by Gasteiger charge is 2.30. The number of benzene rings is 2. The highest BCUT2D eigenvalue weighted by atomic mass is 35.5. The van der Waals surface area contributed by atoms with Gasteiger partial charge in [0.15, 0.2) is 0 Å². The fourth-order valence-corrected chi connectivity index (χ4v) is 3.90. The van der Waals surface area contributed by atoms with Gasteiger partial charge in [0, 0.05) is 17.9 Å². The molecular weight excluding hydrogens is 442 g/mol. The summed E-state index contributed by atoms with van der Waals surface area (Å²) in [6, 6.07) is 11.0. The number of hydrogen-bond donors (Lipinski definition) is 4. The van der Waals surface area contributed by atoms with E-state index >= 15 is 0 Å². The van der Waals surface area contributed by atoms with Crippen LogP contribution in [-0.4, -0.2) is 49.9 Å². The molecule has 1 aliphatic heterocycles. The zero-order chi connectivity index (χ0) is 22.0. The monoisotopic (exact) mass is 459 g/mol. The quantitative estimate of drug-likeness (QED) is 0.428. The van der Waals surface area contributed by atoms with Gasteiger partial charge in [0.1, 0.15) is 6.04 Å². The van der Waals surface area contributed by atoms with Gasteiger partial charge in [-0.25, -0.2) is 14.3 Å². The largest absolute Gasteiger partial charge is 0.480 e. The molecule has 2 aromatic carbocycles. The number of halogens is 1. The average Bonchev–Trinajstić information content (AvgIpc) is 3.39. The molecule has 3 aromatic rings. The van der Waals surface area contributed by atoms with E-state index in [4.69, 9.17) is 23.8 Å². The molecule has 31 heavy (non-hydrogen) atoms. The first-order valence-corrected chi connectivity index (χ1v) is 10.2. The van der Waals surface area contributed by atoms with E-state index in [1.54, 1.807) is 47.4 Å². The number of carbonyl (C=O) groups excluding carboxylic acids is 1. The van der Waals surface area contributed by atoms with Gasteiger partial charge in [0.05, 0.1) is 16.4 Å². The summed E-state index contributed by atoms with van der Waals surface area (Å²) in [6.07, 6.45) is 1.39. The van der Waals surface area contributed by atoms with Crippen molar-refractivity contribution in [2.24, 2.45) is 0 Å². The summed E-state index contributed by atoms with van der Waals surface area (Å²) in [5, 5.41) is 25.1. The molecule has 0 radical (unpaired) electrons. The van der Waals surface area contributed by atoms with Gasteiger partial charge in [0.2, 0.25) is 4.77 Å². The number of carboxylic acids is 1. The number of amides is 2. The Balaban J connectivity index is 1.45. The Hall–Kier alpha value is -3.44. The van der Waals surface area contributed by atoms with Crippen molar-refractivity contribution in [3.8, 4) is 5.69 Å². The van der Waals surface area contributed by atoms with Crippen LogP contribution in [0, 0.1) is 4.77 Å². The van der Waals surface area contributed by atoms with Crippen LogP contribution in [0.15, 0.2) is 42.5 Å². The second kappa shape index (κ2) is 8.74. The maximum absolute atomic E-state index is 12.5. The van der Waals surface area contributed by atoms with Crippen LogP contribution in [0.2, 0.25) is 5.02 Å². The van der Waals surface area contributed by atoms with Crippen LogP contribution in [0.3, 0.4) is 0 Å². The van der Waals surface area contributed by atoms with E-state index in [0.29, 0.717) is 40.7 Å². The topological polar surface area (TPSA) is 128 Å². The van der Waals surface area contributed by atoms with Crippen LogP contribution in [0.5, 0.6) is 0 Å². The van der Waals surface area contributed by atoms with Gasteiger partial charge >= 0.3 is 12.0 Å². The zero-order valence-corrected chi connectivity index (χ0v) is 17.7. The number of aromatic nitrogens is 4. The summed E-state index contributed by atoms with van der Waals surface area (Å²) in [4.78, 5) is 25.7. The van der Waals surface area contributed by atoms with Crippen molar-refractivity contribution < 1.29 is 14.7 Å². The van der Waals surface area contributed by atoms with Gasteiger partial charge in [-0.1, -0.05) is 28.0 Å². The smallest absolute Gasteiger partial charge is 0.326 e. The van der Waals surface area contributed by atoms with Crippen molar-refractivity contribution in [3.63, 3.8) is 0 Å². The third-order valence-corrected chi connectivity index (χ3v) is 5.48. The van der Waals surface area contributed by atoms with Gasteiger partial charge in [0.25, 0.3) is 0 Å². The standard InChI is InChI=1S/C19H18ClN7O3S/c20-14-10-12(26-8-2-5-16(26)17(28)29)6-7-15(14)22-18(30)21-11-3-1-4-13(9-11)27-19(31)23-24-25-27/h1,3-4,6-7,9-10,16H,2,5,8H2,(H,28,29)(H2,21,22,30)(H,23,25,31). The first kappa shape index (κ1) is 20.8. The summed E-state index contributed by atoms with van der Waals surface area (Å²) in [6.45, 7) is 0.646. The van der Waals surface area contributed by atoms with Crippen molar-refractivity contribution in [2.75, 3.05) is 22.1 Å². The Kier molecular flexibility index (Phi) is 5.87. The van der Waals surface area contributed by atoms with Gasteiger partial charge in [-0.05, 0) is 61.5 Å². The number of hydrogen-bond acceptors (Lipinski definition) is 6. The van der Waals surface area contributed by atoms with E-state index in [9.17, 15) is 14.7 Å². The number of aromatic amines is 1. The van der Waals surface area contributed by atoms with Crippen molar-refractivity contribution in [1.29, 1.82) is 0 Å². The minimum Gasteiger partial charge on any atom is -0.480 e. The fourth-order valence-electron chi connectivity index (χ4n) is 3.49. The number of nitrogens with one attached hydrogen (secondary N) is 3. The molecule has 1 aliphatic rings. The molecule has 1 fully saturated rings. The molecule has 0 aliphatic carbocycles. The third-order valence-electron chi connectivity index (χ3n) is 4.90. The summed E-state index contributed by atoms with van der Waals surface area (Å²) in [7, 11) is 0. The maximum Gasteiger partial charge on any atom is 0.326 e. The molecule has 4 rings (SSSR count). The second-order valence-corrected chi connectivity index (χ2v) is 7.67. The van der Waals surface area contributed by atoms with Gasteiger partial charge < -0.3 is 20.6 Å². The number of rotatable bonds is 5. The lowest BCUT2D eigenvalue weighted by Crippen LogP contribution is -2.35. The number of urea groups is 1. The van der Waals surface area contributed by atoms with Crippen LogP contribution in [0.25, 0.3) is 5.69 Å². The molecule has 160 valence electrons. The van der Waals surface area contributed by atoms with Crippen LogP contribution in [0.1, 0.15) is 12.8 Å². The van der Waals surface area contributed by atoms with E-state index in [1.165, 1.54) is 4.68 Å². The SMILES string of the molecule is O=C(Nc1cccc(-n2[nH]nnc2=S)c1)Nc1ccc(N2CCCC2C(=O)O)cc1Cl. The maximum atomic E-state index is 12.5. The molecule has 1 aromatic heterocycles. The van der Waals surface area contributed by atoms with Gasteiger partial charge in [-0.2, -0.15) is 5.21 Å². The minimum atomic E-state index is -0.857. The van der Waals surface area contributed by atoms with Crippen molar-refractivity contribution in [2.45, 2.75) is 18.9 Å². The molecule has 1 unspecified atom stereocenters. The summed E-state index contributed by atoms with van der Waals surface area (Å²) >= 11 is 11.4. The number of H-pyrrole nitrogens is 1. The molecule has 1 saturated heterocycles. The van der Waals surface area contributed by atoms with E-state index in [-0.39, 0.29) is 4.77 Å². The first-order chi connectivity index (χ1) is 14.9. The molecule has 2 amide bonds.